The molecule has 1 heterocycles. The zero-order valence-corrected chi connectivity index (χ0v) is 6.67. The second kappa shape index (κ2) is 3.88. The lowest BCUT2D eigenvalue weighted by molar-refractivity contribution is 0.791. The predicted octanol–water partition coefficient (Wildman–Crippen LogP) is 1.44. The molecular weight excluding hydrogens is 136 g/mol. The fourth-order valence-electron chi connectivity index (χ4n) is 0.842. The van der Waals surface area contributed by atoms with Gasteiger partial charge in [0.2, 0.25) is 0 Å². The molecule has 1 rings (SSSR count). The summed E-state index contributed by atoms with van der Waals surface area (Å²) < 4.78 is 0. The number of nitrogens with zero attached hydrogens (tertiary/aromatic N) is 1. The zero-order chi connectivity index (χ0) is 8.10. The van der Waals surface area contributed by atoms with E-state index in [0.717, 1.165) is 17.8 Å². The molecule has 0 aromatic carbocycles. The Morgan fingerprint density at radius 1 is 1.64 bits per heavy atom. The Hall–Kier alpha value is -1.15. The van der Waals surface area contributed by atoms with Crippen molar-refractivity contribution in [1.29, 1.82) is 0 Å². The quantitative estimate of drug-likeness (QED) is 0.701. The highest BCUT2D eigenvalue weighted by Crippen LogP contribution is 2.00. The van der Waals surface area contributed by atoms with Gasteiger partial charge in [-0.25, -0.2) is 0 Å². The molecule has 0 radical (unpaired) electrons. The van der Waals surface area contributed by atoms with Gasteiger partial charge in [-0.1, -0.05) is 18.7 Å². The number of aromatic nitrogens is 1. The van der Waals surface area contributed by atoms with E-state index < -0.39 is 0 Å². The molecule has 0 amide bonds. The summed E-state index contributed by atoms with van der Waals surface area (Å²) in [4.78, 5) is 4.21. The molecule has 0 unspecified atom stereocenters. The van der Waals surface area contributed by atoms with E-state index >= 15 is 0 Å². The molecule has 0 saturated heterocycles. The van der Waals surface area contributed by atoms with Crippen LogP contribution in [0, 0.1) is 0 Å². The maximum atomic E-state index is 4.21. The first kappa shape index (κ1) is 7.95. The first-order valence-corrected chi connectivity index (χ1v) is 3.59. The molecule has 1 N–H and O–H groups in total. The summed E-state index contributed by atoms with van der Waals surface area (Å²) in [5.74, 6) is 0. The van der Waals surface area contributed by atoms with E-state index in [4.69, 9.17) is 0 Å². The van der Waals surface area contributed by atoms with Crippen LogP contribution in [0.4, 0.5) is 0 Å². The van der Waals surface area contributed by atoms with Gasteiger partial charge < -0.3 is 5.32 Å². The number of nitrogens with one attached hydrogen (secondary N) is 1. The average Bonchev–Trinajstić information content (AvgIpc) is 2.07. The topological polar surface area (TPSA) is 24.9 Å². The van der Waals surface area contributed by atoms with Crippen molar-refractivity contribution < 1.29 is 0 Å². The summed E-state index contributed by atoms with van der Waals surface area (Å²) in [6.07, 6.45) is 3.61. The molecule has 1 aromatic heterocycles. The van der Waals surface area contributed by atoms with Crippen molar-refractivity contribution in [3.63, 3.8) is 0 Å². The molecule has 0 spiro atoms. The second-order valence-electron chi connectivity index (χ2n) is 2.32. The maximum absolute atomic E-state index is 4.21. The van der Waals surface area contributed by atoms with E-state index in [9.17, 15) is 0 Å². The van der Waals surface area contributed by atoms with E-state index in [1.54, 1.807) is 6.08 Å². The normalized spacial score (nSPS) is 9.55. The molecule has 0 fully saturated rings. The summed E-state index contributed by atoms with van der Waals surface area (Å²) in [5, 5.41) is 3.03. The third kappa shape index (κ3) is 2.16. The van der Waals surface area contributed by atoms with Crippen molar-refractivity contribution >= 4 is 6.08 Å². The lowest BCUT2D eigenvalue weighted by Crippen LogP contribution is -2.06. The van der Waals surface area contributed by atoms with Gasteiger partial charge in [-0.15, -0.1) is 0 Å². The highest BCUT2D eigenvalue weighted by atomic mass is 14.8. The smallest absolute Gasteiger partial charge is 0.0542 e. The van der Waals surface area contributed by atoms with Crippen LogP contribution in [-0.2, 0) is 6.54 Å². The van der Waals surface area contributed by atoms with Gasteiger partial charge >= 0.3 is 0 Å². The third-order valence-electron chi connectivity index (χ3n) is 1.44. The second-order valence-corrected chi connectivity index (χ2v) is 2.32. The molecular formula is C9H12N2. The van der Waals surface area contributed by atoms with Crippen LogP contribution in [0.15, 0.2) is 24.9 Å². The minimum atomic E-state index is 0.817. The van der Waals surface area contributed by atoms with Crippen LogP contribution in [-0.4, -0.2) is 12.0 Å². The molecule has 0 atom stereocenters. The summed E-state index contributed by atoms with van der Waals surface area (Å²) in [6.45, 7) is 4.47. The maximum Gasteiger partial charge on any atom is 0.0542 e. The molecule has 2 nitrogen and oxygen atoms in total. The first-order valence-electron chi connectivity index (χ1n) is 3.59. The summed E-state index contributed by atoms with van der Waals surface area (Å²) >= 11 is 0. The van der Waals surface area contributed by atoms with Gasteiger partial charge in [-0.2, -0.15) is 0 Å². The van der Waals surface area contributed by atoms with E-state index in [0.29, 0.717) is 0 Å². The highest BCUT2D eigenvalue weighted by molar-refractivity contribution is 5.44. The lowest BCUT2D eigenvalue weighted by Gasteiger charge is -1.98. The van der Waals surface area contributed by atoms with Gasteiger partial charge in [-0.05, 0) is 18.7 Å². The number of hydrogen-bond donors (Lipinski definition) is 1. The van der Waals surface area contributed by atoms with Crippen molar-refractivity contribution in [2.45, 2.75) is 6.54 Å². The Labute approximate surface area is 67.0 Å². The zero-order valence-electron chi connectivity index (χ0n) is 6.67. The summed E-state index contributed by atoms with van der Waals surface area (Å²) in [6, 6.07) is 4.00. The standard InChI is InChI=1S/C9H12N2/c1-3-8-4-5-9(7-10-2)11-6-8/h3-6,10H,1,7H2,2H3. The van der Waals surface area contributed by atoms with Gasteiger partial charge in [0.1, 0.15) is 0 Å². The average molecular weight is 148 g/mol. The fourth-order valence-corrected chi connectivity index (χ4v) is 0.842. The Morgan fingerprint density at radius 3 is 2.91 bits per heavy atom. The largest absolute Gasteiger partial charge is 0.314 e. The van der Waals surface area contributed by atoms with Crippen molar-refractivity contribution in [3.05, 3.63) is 36.2 Å². The van der Waals surface area contributed by atoms with Crippen LogP contribution in [0.5, 0.6) is 0 Å². The molecule has 0 bridgehead atoms. The predicted molar refractivity (Wildman–Crippen MR) is 47.1 cm³/mol. The highest BCUT2D eigenvalue weighted by Gasteiger charge is 1.90. The number of hydrogen-bond acceptors (Lipinski definition) is 2. The third-order valence-corrected chi connectivity index (χ3v) is 1.44. The monoisotopic (exact) mass is 148 g/mol. The van der Waals surface area contributed by atoms with Crippen LogP contribution in [0.25, 0.3) is 6.08 Å². The van der Waals surface area contributed by atoms with Gasteiger partial charge in [0.05, 0.1) is 5.69 Å². The van der Waals surface area contributed by atoms with Crippen molar-refractivity contribution in [2.75, 3.05) is 7.05 Å². The molecule has 0 saturated carbocycles. The van der Waals surface area contributed by atoms with Gasteiger partial charge in [0.15, 0.2) is 0 Å². The minimum absolute atomic E-state index is 0.817. The first-order chi connectivity index (χ1) is 5.36. The van der Waals surface area contributed by atoms with E-state index in [1.807, 2.05) is 25.4 Å². The van der Waals surface area contributed by atoms with Gasteiger partial charge in [0.25, 0.3) is 0 Å². The Morgan fingerprint density at radius 2 is 2.45 bits per heavy atom. The lowest BCUT2D eigenvalue weighted by atomic mass is 10.2. The van der Waals surface area contributed by atoms with E-state index in [1.165, 1.54) is 0 Å². The molecule has 58 valence electrons. The molecule has 0 aliphatic heterocycles. The molecule has 0 aliphatic rings. The summed E-state index contributed by atoms with van der Waals surface area (Å²) in [7, 11) is 1.91. The van der Waals surface area contributed by atoms with Crippen LogP contribution in [0.1, 0.15) is 11.3 Å². The number of rotatable bonds is 3. The Balaban J connectivity index is 2.74. The van der Waals surface area contributed by atoms with Crippen molar-refractivity contribution in [1.82, 2.24) is 10.3 Å². The SMILES string of the molecule is C=Cc1ccc(CNC)nc1. The van der Waals surface area contributed by atoms with Crippen molar-refractivity contribution in [3.8, 4) is 0 Å². The van der Waals surface area contributed by atoms with Gasteiger partial charge in [-0.3, -0.25) is 4.98 Å². The fraction of sp³-hybridized carbons (Fsp3) is 0.222. The van der Waals surface area contributed by atoms with Crippen LogP contribution in [0.3, 0.4) is 0 Å². The van der Waals surface area contributed by atoms with E-state index in [-0.39, 0.29) is 0 Å². The van der Waals surface area contributed by atoms with E-state index in [2.05, 4.69) is 16.9 Å². The van der Waals surface area contributed by atoms with Gasteiger partial charge in [0, 0.05) is 12.7 Å². The Bertz CT molecular complexity index is 226. The van der Waals surface area contributed by atoms with Crippen molar-refractivity contribution in [2.24, 2.45) is 0 Å². The minimum Gasteiger partial charge on any atom is -0.314 e. The molecule has 1 aromatic rings. The molecule has 11 heavy (non-hydrogen) atoms. The molecule has 2 heteroatoms. The Kier molecular flexibility index (Phi) is 2.81. The summed E-state index contributed by atoms with van der Waals surface area (Å²) in [5.41, 5.74) is 2.11. The molecule has 0 aliphatic carbocycles. The van der Waals surface area contributed by atoms with Crippen LogP contribution in [0.2, 0.25) is 0 Å². The number of pyridine rings is 1. The van der Waals surface area contributed by atoms with Crippen LogP contribution < -0.4 is 5.32 Å². The van der Waals surface area contributed by atoms with Crippen LogP contribution >= 0.6 is 0 Å².